The van der Waals surface area contributed by atoms with E-state index in [1.165, 1.54) is 12.3 Å². The molecule has 0 aliphatic rings. The molecule has 9 heteroatoms. The Balaban J connectivity index is 1.32. The van der Waals surface area contributed by atoms with Crippen molar-refractivity contribution in [2.75, 3.05) is 5.32 Å². The minimum absolute atomic E-state index is 0.162. The van der Waals surface area contributed by atoms with E-state index in [0.717, 1.165) is 11.3 Å². The van der Waals surface area contributed by atoms with Gasteiger partial charge < -0.3 is 14.3 Å². The second kappa shape index (κ2) is 6.47. The second-order valence-electron chi connectivity index (χ2n) is 5.94. The highest BCUT2D eigenvalue weighted by atomic mass is 16.5. The van der Waals surface area contributed by atoms with Crippen LogP contribution in [0.15, 0.2) is 76.1 Å². The van der Waals surface area contributed by atoms with Crippen LogP contribution in [0.4, 0.5) is 5.69 Å². The Morgan fingerprint density at radius 3 is 2.75 bits per heavy atom. The van der Waals surface area contributed by atoms with Crippen molar-refractivity contribution >= 4 is 17.2 Å². The molecule has 0 atom stereocenters. The normalized spacial score (nSPS) is 11.0. The molecule has 0 radical (unpaired) electrons. The summed E-state index contributed by atoms with van der Waals surface area (Å²) in [5.74, 6) is 0.521. The molecule has 9 nitrogen and oxygen atoms in total. The van der Waals surface area contributed by atoms with Crippen LogP contribution in [0.5, 0.6) is 0 Å². The van der Waals surface area contributed by atoms with E-state index in [0.29, 0.717) is 22.9 Å². The van der Waals surface area contributed by atoms with Crippen molar-refractivity contribution in [3.05, 3.63) is 72.9 Å². The highest BCUT2D eigenvalue weighted by molar-refractivity contribution is 6.03. The third-order valence-corrected chi connectivity index (χ3v) is 4.11. The number of fused-ring (bicyclic) bond motifs is 1. The Bertz CT molecular complexity index is 1250. The first-order valence-electron chi connectivity index (χ1n) is 8.36. The fourth-order valence-electron chi connectivity index (χ4n) is 2.72. The molecule has 28 heavy (non-hydrogen) atoms. The summed E-state index contributed by atoms with van der Waals surface area (Å²) < 4.78 is 12.0. The third kappa shape index (κ3) is 2.90. The fraction of sp³-hybridized carbons (Fsp3) is 0. The standard InChI is InChI=1S/C19H12N6O3/c26-19(15-10-17(28-24-15)16-2-1-9-27-16)21-13-5-3-12(4-6-13)14-7-8-18-22-20-11-25(18)23-14/h1-11H,(H,21,26). The van der Waals surface area contributed by atoms with E-state index in [-0.39, 0.29) is 11.6 Å². The van der Waals surface area contributed by atoms with Gasteiger partial charge in [-0.25, -0.2) is 0 Å². The molecule has 4 aromatic heterocycles. The molecule has 0 aliphatic carbocycles. The predicted molar refractivity (Wildman–Crippen MR) is 98.4 cm³/mol. The molecule has 1 amide bonds. The number of amides is 1. The van der Waals surface area contributed by atoms with Crippen LogP contribution >= 0.6 is 0 Å². The van der Waals surface area contributed by atoms with Gasteiger partial charge in [-0.2, -0.15) is 9.61 Å². The molecule has 0 spiro atoms. The Morgan fingerprint density at radius 2 is 1.93 bits per heavy atom. The van der Waals surface area contributed by atoms with E-state index in [9.17, 15) is 4.79 Å². The number of rotatable bonds is 4. The van der Waals surface area contributed by atoms with Crippen molar-refractivity contribution < 1.29 is 13.7 Å². The number of nitrogens with one attached hydrogen (secondary N) is 1. The van der Waals surface area contributed by atoms with Crippen molar-refractivity contribution in [2.24, 2.45) is 0 Å². The average molecular weight is 372 g/mol. The van der Waals surface area contributed by atoms with Gasteiger partial charge in [-0.15, -0.1) is 10.2 Å². The summed E-state index contributed by atoms with van der Waals surface area (Å²) in [6, 6.07) is 16.0. The monoisotopic (exact) mass is 372 g/mol. The molecule has 0 bridgehead atoms. The van der Waals surface area contributed by atoms with Gasteiger partial charge in [0.2, 0.25) is 5.76 Å². The largest absolute Gasteiger partial charge is 0.461 e. The van der Waals surface area contributed by atoms with Crippen LogP contribution in [0.3, 0.4) is 0 Å². The quantitative estimate of drug-likeness (QED) is 0.515. The maximum Gasteiger partial charge on any atom is 0.277 e. The number of anilines is 1. The Morgan fingerprint density at radius 1 is 1.04 bits per heavy atom. The lowest BCUT2D eigenvalue weighted by Gasteiger charge is -2.05. The van der Waals surface area contributed by atoms with Crippen LogP contribution in [0, 0.1) is 0 Å². The van der Waals surface area contributed by atoms with Crippen LogP contribution < -0.4 is 5.32 Å². The molecule has 5 rings (SSSR count). The lowest BCUT2D eigenvalue weighted by atomic mass is 10.1. The number of carbonyl (C=O) groups excluding carboxylic acids is 1. The maximum atomic E-state index is 12.4. The zero-order valence-electron chi connectivity index (χ0n) is 14.3. The molecule has 5 aromatic rings. The number of carbonyl (C=O) groups is 1. The first-order valence-corrected chi connectivity index (χ1v) is 8.36. The van der Waals surface area contributed by atoms with Gasteiger partial charge in [0.15, 0.2) is 17.1 Å². The summed E-state index contributed by atoms with van der Waals surface area (Å²) in [4.78, 5) is 12.4. The van der Waals surface area contributed by atoms with Gasteiger partial charge in [0, 0.05) is 17.3 Å². The number of furan rings is 1. The smallest absolute Gasteiger partial charge is 0.277 e. The first kappa shape index (κ1) is 15.9. The second-order valence-corrected chi connectivity index (χ2v) is 5.94. The third-order valence-electron chi connectivity index (χ3n) is 4.11. The summed E-state index contributed by atoms with van der Waals surface area (Å²) in [7, 11) is 0. The topological polar surface area (TPSA) is 111 Å². The fourth-order valence-corrected chi connectivity index (χ4v) is 2.72. The van der Waals surface area contributed by atoms with Gasteiger partial charge in [-0.3, -0.25) is 4.79 Å². The minimum atomic E-state index is -0.377. The molecule has 4 heterocycles. The first-order chi connectivity index (χ1) is 13.8. The van der Waals surface area contributed by atoms with Gasteiger partial charge in [0.25, 0.3) is 5.91 Å². The average Bonchev–Trinajstić information content (AvgIpc) is 3.48. The van der Waals surface area contributed by atoms with Crippen molar-refractivity contribution in [1.29, 1.82) is 0 Å². The van der Waals surface area contributed by atoms with Crippen LogP contribution in [0.2, 0.25) is 0 Å². The highest BCUT2D eigenvalue weighted by Crippen LogP contribution is 2.22. The Kier molecular flexibility index (Phi) is 3.68. The van der Waals surface area contributed by atoms with Gasteiger partial charge in [0.05, 0.1) is 12.0 Å². The van der Waals surface area contributed by atoms with E-state index in [2.05, 4.69) is 25.8 Å². The number of nitrogens with zero attached hydrogens (tertiary/aromatic N) is 5. The Labute approximate surface area is 157 Å². The van der Waals surface area contributed by atoms with Gasteiger partial charge in [-0.1, -0.05) is 17.3 Å². The van der Waals surface area contributed by atoms with Crippen LogP contribution in [-0.2, 0) is 0 Å². The summed E-state index contributed by atoms with van der Waals surface area (Å²) in [5.41, 5.74) is 3.13. The summed E-state index contributed by atoms with van der Waals surface area (Å²) >= 11 is 0. The number of aromatic nitrogens is 5. The van der Waals surface area contributed by atoms with Crippen molar-refractivity contribution in [1.82, 2.24) is 25.0 Å². The minimum Gasteiger partial charge on any atom is -0.461 e. The molecule has 0 saturated carbocycles. The van der Waals surface area contributed by atoms with E-state index < -0.39 is 0 Å². The summed E-state index contributed by atoms with van der Waals surface area (Å²) in [6.45, 7) is 0. The molecule has 0 saturated heterocycles. The van der Waals surface area contributed by atoms with E-state index in [1.807, 2.05) is 24.3 Å². The molecule has 1 N–H and O–H groups in total. The molecule has 0 fully saturated rings. The predicted octanol–water partition coefficient (Wildman–Crippen LogP) is 3.29. The summed E-state index contributed by atoms with van der Waals surface area (Å²) in [5, 5.41) is 18.8. The molecule has 0 aliphatic heterocycles. The lowest BCUT2D eigenvalue weighted by Crippen LogP contribution is -2.12. The SMILES string of the molecule is O=C(Nc1ccc(-c2ccc3nncn3n2)cc1)c1cc(-c2ccco2)on1. The van der Waals surface area contributed by atoms with Gasteiger partial charge >= 0.3 is 0 Å². The van der Waals surface area contributed by atoms with Crippen LogP contribution in [0.25, 0.3) is 28.4 Å². The molecular formula is C19H12N6O3. The Hall–Kier alpha value is -4.27. The van der Waals surface area contributed by atoms with E-state index in [4.69, 9.17) is 8.94 Å². The molecule has 0 unspecified atom stereocenters. The number of benzene rings is 1. The van der Waals surface area contributed by atoms with Crippen molar-refractivity contribution in [2.45, 2.75) is 0 Å². The number of hydrogen-bond donors (Lipinski definition) is 1. The van der Waals surface area contributed by atoms with Crippen LogP contribution in [-0.4, -0.2) is 30.9 Å². The molecule has 136 valence electrons. The van der Waals surface area contributed by atoms with Crippen molar-refractivity contribution in [3.8, 4) is 22.8 Å². The number of hydrogen-bond acceptors (Lipinski definition) is 7. The summed E-state index contributed by atoms with van der Waals surface area (Å²) in [6.07, 6.45) is 3.07. The lowest BCUT2D eigenvalue weighted by molar-refractivity contribution is 0.101. The van der Waals surface area contributed by atoms with Crippen LogP contribution in [0.1, 0.15) is 10.5 Å². The van der Waals surface area contributed by atoms with Crippen molar-refractivity contribution in [3.63, 3.8) is 0 Å². The van der Waals surface area contributed by atoms with Gasteiger partial charge in [-0.05, 0) is 36.4 Å². The maximum absolute atomic E-state index is 12.4. The van der Waals surface area contributed by atoms with E-state index >= 15 is 0 Å². The highest BCUT2D eigenvalue weighted by Gasteiger charge is 2.15. The van der Waals surface area contributed by atoms with E-state index in [1.54, 1.807) is 35.1 Å². The zero-order chi connectivity index (χ0) is 18.9. The zero-order valence-corrected chi connectivity index (χ0v) is 14.3. The van der Waals surface area contributed by atoms with Gasteiger partial charge in [0.1, 0.15) is 6.33 Å². The molecule has 1 aromatic carbocycles. The molecular weight excluding hydrogens is 360 g/mol.